The fourth-order valence-electron chi connectivity index (χ4n) is 3.30. The standard InChI is InChI=1S/C18H27FN2O3/c19-15-3-5-16(6-4-15)21-9-7-20(8-10-21)12-17(22)13-23-14-18-2-1-11-24-18/h3-6,17-18,22H,1-2,7-14H2/t17-,18+/m0/s1. The number of anilines is 1. The Morgan fingerprint density at radius 3 is 2.62 bits per heavy atom. The highest BCUT2D eigenvalue weighted by atomic mass is 19.1. The minimum Gasteiger partial charge on any atom is -0.389 e. The van der Waals surface area contributed by atoms with Crippen LogP contribution in [0.4, 0.5) is 10.1 Å². The quantitative estimate of drug-likeness (QED) is 0.816. The number of piperazine rings is 1. The molecule has 134 valence electrons. The van der Waals surface area contributed by atoms with Crippen LogP contribution in [0.15, 0.2) is 24.3 Å². The summed E-state index contributed by atoms with van der Waals surface area (Å²) in [5.41, 5.74) is 1.05. The molecule has 0 spiro atoms. The molecule has 0 amide bonds. The molecule has 24 heavy (non-hydrogen) atoms. The van der Waals surface area contributed by atoms with Gasteiger partial charge in [0.1, 0.15) is 5.82 Å². The maximum absolute atomic E-state index is 13.0. The zero-order chi connectivity index (χ0) is 16.8. The number of benzene rings is 1. The average Bonchev–Trinajstić information content (AvgIpc) is 3.10. The summed E-state index contributed by atoms with van der Waals surface area (Å²) < 4.78 is 24.1. The molecule has 0 saturated carbocycles. The van der Waals surface area contributed by atoms with Gasteiger partial charge in [0.25, 0.3) is 0 Å². The normalized spacial score (nSPS) is 23.6. The van der Waals surface area contributed by atoms with E-state index in [1.54, 1.807) is 0 Å². The molecule has 0 aromatic heterocycles. The van der Waals surface area contributed by atoms with Crippen molar-refractivity contribution in [3.05, 3.63) is 30.1 Å². The van der Waals surface area contributed by atoms with Crippen molar-refractivity contribution in [2.24, 2.45) is 0 Å². The number of rotatable bonds is 7. The Morgan fingerprint density at radius 2 is 1.96 bits per heavy atom. The second-order valence-corrected chi connectivity index (χ2v) is 6.59. The first-order valence-corrected chi connectivity index (χ1v) is 8.81. The Labute approximate surface area is 143 Å². The molecule has 2 fully saturated rings. The zero-order valence-electron chi connectivity index (χ0n) is 14.1. The molecule has 0 bridgehead atoms. The lowest BCUT2D eigenvalue weighted by Gasteiger charge is -2.36. The molecular formula is C18H27FN2O3. The number of ether oxygens (including phenoxy) is 2. The number of hydrogen-bond donors (Lipinski definition) is 1. The van der Waals surface area contributed by atoms with E-state index in [9.17, 15) is 9.50 Å². The van der Waals surface area contributed by atoms with Gasteiger partial charge in [0.05, 0.1) is 25.4 Å². The highest BCUT2D eigenvalue weighted by Crippen LogP contribution is 2.17. The Kier molecular flexibility index (Phi) is 6.43. The molecule has 5 nitrogen and oxygen atoms in total. The van der Waals surface area contributed by atoms with Crippen LogP contribution in [0.1, 0.15) is 12.8 Å². The molecule has 3 rings (SSSR count). The van der Waals surface area contributed by atoms with Crippen LogP contribution in [0.5, 0.6) is 0 Å². The molecule has 1 aromatic rings. The Hall–Kier alpha value is -1.21. The topological polar surface area (TPSA) is 45.2 Å². The van der Waals surface area contributed by atoms with Crippen molar-refractivity contribution in [3.8, 4) is 0 Å². The molecule has 2 heterocycles. The molecule has 1 aromatic carbocycles. The zero-order valence-corrected chi connectivity index (χ0v) is 14.1. The van der Waals surface area contributed by atoms with Crippen molar-refractivity contribution in [1.29, 1.82) is 0 Å². The molecule has 2 atom stereocenters. The van der Waals surface area contributed by atoms with E-state index in [1.165, 1.54) is 12.1 Å². The fraction of sp³-hybridized carbons (Fsp3) is 0.667. The maximum atomic E-state index is 13.0. The van der Waals surface area contributed by atoms with Gasteiger partial charge >= 0.3 is 0 Å². The third-order valence-corrected chi connectivity index (χ3v) is 4.67. The minimum atomic E-state index is -0.469. The average molecular weight is 338 g/mol. The summed E-state index contributed by atoms with van der Waals surface area (Å²) in [4.78, 5) is 4.50. The van der Waals surface area contributed by atoms with Crippen LogP contribution >= 0.6 is 0 Å². The highest BCUT2D eigenvalue weighted by molar-refractivity contribution is 5.46. The Morgan fingerprint density at radius 1 is 1.21 bits per heavy atom. The van der Waals surface area contributed by atoms with Gasteiger partial charge in [-0.05, 0) is 37.1 Å². The summed E-state index contributed by atoms with van der Waals surface area (Å²) in [7, 11) is 0. The van der Waals surface area contributed by atoms with Crippen LogP contribution in [0, 0.1) is 5.82 Å². The fourth-order valence-corrected chi connectivity index (χ4v) is 3.30. The maximum Gasteiger partial charge on any atom is 0.123 e. The Bertz CT molecular complexity index is 486. The van der Waals surface area contributed by atoms with Crippen molar-refractivity contribution < 1.29 is 19.0 Å². The first kappa shape index (κ1) is 17.6. The van der Waals surface area contributed by atoms with Crippen molar-refractivity contribution >= 4 is 5.69 Å². The smallest absolute Gasteiger partial charge is 0.123 e. The number of nitrogens with zero attached hydrogens (tertiary/aromatic N) is 2. The van der Waals surface area contributed by atoms with Crippen LogP contribution in [0.25, 0.3) is 0 Å². The van der Waals surface area contributed by atoms with Crippen molar-refractivity contribution in [2.75, 3.05) is 57.4 Å². The highest BCUT2D eigenvalue weighted by Gasteiger charge is 2.20. The molecule has 2 aliphatic rings. The lowest BCUT2D eigenvalue weighted by Crippen LogP contribution is -2.49. The van der Waals surface area contributed by atoms with Gasteiger partial charge in [-0.1, -0.05) is 0 Å². The largest absolute Gasteiger partial charge is 0.389 e. The summed E-state index contributed by atoms with van der Waals surface area (Å²) in [6.07, 6.45) is 1.90. The molecule has 2 saturated heterocycles. The van der Waals surface area contributed by atoms with Gasteiger partial charge in [0.15, 0.2) is 0 Å². The van der Waals surface area contributed by atoms with Gasteiger partial charge < -0.3 is 19.5 Å². The van der Waals surface area contributed by atoms with Crippen LogP contribution < -0.4 is 4.90 Å². The predicted octanol–water partition coefficient (Wildman–Crippen LogP) is 1.50. The lowest BCUT2D eigenvalue weighted by atomic mass is 10.2. The number of aliphatic hydroxyl groups excluding tert-OH is 1. The molecule has 0 radical (unpaired) electrons. The first-order chi connectivity index (χ1) is 11.7. The van der Waals surface area contributed by atoms with Crippen LogP contribution in [-0.4, -0.2) is 74.8 Å². The Balaban J connectivity index is 1.33. The molecular weight excluding hydrogens is 311 g/mol. The third kappa shape index (κ3) is 5.14. The van der Waals surface area contributed by atoms with E-state index in [0.717, 1.165) is 51.3 Å². The van der Waals surface area contributed by atoms with Gasteiger partial charge in [0.2, 0.25) is 0 Å². The summed E-state index contributed by atoms with van der Waals surface area (Å²) in [5, 5.41) is 10.1. The second-order valence-electron chi connectivity index (χ2n) is 6.59. The molecule has 1 N–H and O–H groups in total. The summed E-state index contributed by atoms with van der Waals surface area (Å²) >= 11 is 0. The number of hydrogen-bond acceptors (Lipinski definition) is 5. The molecule has 0 unspecified atom stereocenters. The lowest BCUT2D eigenvalue weighted by molar-refractivity contribution is -0.0254. The summed E-state index contributed by atoms with van der Waals surface area (Å²) in [6.45, 7) is 5.94. The van der Waals surface area contributed by atoms with Gasteiger partial charge in [-0.25, -0.2) is 4.39 Å². The molecule has 6 heteroatoms. The third-order valence-electron chi connectivity index (χ3n) is 4.67. The summed E-state index contributed by atoms with van der Waals surface area (Å²) in [6, 6.07) is 6.63. The van der Waals surface area contributed by atoms with Gasteiger partial charge in [-0.2, -0.15) is 0 Å². The number of β-amino-alcohol motifs (C(OH)–C–C–N with tert-alkyl or cyclic N) is 1. The van der Waals surface area contributed by atoms with E-state index in [1.807, 2.05) is 12.1 Å². The van der Waals surface area contributed by atoms with Crippen molar-refractivity contribution in [2.45, 2.75) is 25.0 Å². The van der Waals surface area contributed by atoms with Gasteiger partial charge in [0, 0.05) is 45.0 Å². The van der Waals surface area contributed by atoms with Crippen molar-refractivity contribution in [1.82, 2.24) is 4.90 Å². The monoisotopic (exact) mass is 338 g/mol. The van der Waals surface area contributed by atoms with E-state index >= 15 is 0 Å². The van der Waals surface area contributed by atoms with E-state index in [0.29, 0.717) is 19.8 Å². The van der Waals surface area contributed by atoms with E-state index in [2.05, 4.69) is 9.80 Å². The second kappa shape index (κ2) is 8.76. The van der Waals surface area contributed by atoms with E-state index in [-0.39, 0.29) is 11.9 Å². The first-order valence-electron chi connectivity index (χ1n) is 8.81. The number of aliphatic hydroxyl groups is 1. The van der Waals surface area contributed by atoms with Crippen molar-refractivity contribution in [3.63, 3.8) is 0 Å². The molecule has 0 aliphatic carbocycles. The van der Waals surface area contributed by atoms with Gasteiger partial charge in [-0.3, -0.25) is 4.90 Å². The van der Waals surface area contributed by atoms with Crippen LogP contribution in [0.2, 0.25) is 0 Å². The SMILES string of the molecule is O[C@H](COC[C@H]1CCCO1)CN1CCN(c2ccc(F)cc2)CC1. The van der Waals surface area contributed by atoms with Gasteiger partial charge in [-0.15, -0.1) is 0 Å². The number of halogens is 1. The molecule has 2 aliphatic heterocycles. The van der Waals surface area contributed by atoms with E-state index in [4.69, 9.17) is 9.47 Å². The van der Waals surface area contributed by atoms with Crippen LogP contribution in [0.3, 0.4) is 0 Å². The van der Waals surface area contributed by atoms with E-state index < -0.39 is 6.10 Å². The minimum absolute atomic E-state index is 0.205. The summed E-state index contributed by atoms with van der Waals surface area (Å²) in [5.74, 6) is -0.205. The van der Waals surface area contributed by atoms with Crippen LogP contribution in [-0.2, 0) is 9.47 Å². The predicted molar refractivity (Wildman–Crippen MR) is 90.9 cm³/mol.